The minimum Gasteiger partial charge on any atom is -0.314 e. The average molecular weight is 282 g/mol. The molecule has 0 aromatic carbocycles. The minimum atomic E-state index is 0.523. The maximum absolute atomic E-state index is 4.53. The van der Waals surface area contributed by atoms with E-state index in [4.69, 9.17) is 0 Å². The van der Waals surface area contributed by atoms with Gasteiger partial charge in [-0.3, -0.25) is 0 Å². The van der Waals surface area contributed by atoms with E-state index in [0.717, 1.165) is 28.9 Å². The highest BCUT2D eigenvalue weighted by atomic mass is 79.9. The molecule has 0 saturated heterocycles. The Morgan fingerprint density at radius 2 is 2.25 bits per heavy atom. The number of imidazole rings is 1. The molecule has 0 spiro atoms. The monoisotopic (exact) mass is 281 g/mol. The van der Waals surface area contributed by atoms with Gasteiger partial charge < -0.3 is 9.72 Å². The summed E-state index contributed by atoms with van der Waals surface area (Å²) in [5.41, 5.74) is 1.13. The van der Waals surface area contributed by atoms with Crippen molar-refractivity contribution in [2.24, 2.45) is 0 Å². The molecule has 3 nitrogen and oxygen atoms in total. The third-order valence-electron chi connectivity index (χ3n) is 2.48. The summed E-state index contributed by atoms with van der Waals surface area (Å²) in [7, 11) is 0. The van der Waals surface area contributed by atoms with Crippen molar-refractivity contribution in [3.8, 4) is 0 Å². The molecule has 0 bridgehead atoms. The normalized spacial score (nSPS) is 11.5. The van der Waals surface area contributed by atoms with E-state index in [1.807, 2.05) is 12.1 Å². The van der Waals surface area contributed by atoms with Crippen molar-refractivity contribution in [3.05, 3.63) is 34.8 Å². The van der Waals surface area contributed by atoms with Gasteiger partial charge in [0.15, 0.2) is 0 Å². The second kappa shape index (κ2) is 4.97. The zero-order valence-corrected chi connectivity index (χ0v) is 11.2. The summed E-state index contributed by atoms with van der Waals surface area (Å²) >= 11 is 3.49. The van der Waals surface area contributed by atoms with E-state index in [1.165, 1.54) is 0 Å². The van der Waals surface area contributed by atoms with Crippen molar-refractivity contribution in [2.45, 2.75) is 26.3 Å². The molecule has 0 amide bonds. The minimum absolute atomic E-state index is 0.523. The van der Waals surface area contributed by atoms with Crippen LogP contribution < -0.4 is 5.32 Å². The van der Waals surface area contributed by atoms with Crippen molar-refractivity contribution >= 4 is 21.4 Å². The molecule has 1 N–H and O–H groups in total. The zero-order chi connectivity index (χ0) is 11.5. The fourth-order valence-electron chi connectivity index (χ4n) is 1.71. The van der Waals surface area contributed by atoms with Gasteiger partial charge in [0, 0.05) is 25.2 Å². The number of nitrogens with one attached hydrogen (secondary N) is 1. The van der Waals surface area contributed by atoms with Crippen LogP contribution in [-0.2, 0) is 6.42 Å². The van der Waals surface area contributed by atoms with Crippen LogP contribution >= 0.6 is 15.9 Å². The largest absolute Gasteiger partial charge is 0.314 e. The number of rotatable bonds is 4. The third-order valence-corrected chi connectivity index (χ3v) is 3.06. The van der Waals surface area contributed by atoms with Crippen LogP contribution in [0.15, 0.2) is 29.0 Å². The fraction of sp³-hybridized carbons (Fsp3) is 0.417. The van der Waals surface area contributed by atoms with Crippen molar-refractivity contribution in [1.29, 1.82) is 0 Å². The predicted octanol–water partition coefficient (Wildman–Crippen LogP) is 2.64. The Kier molecular flexibility index (Phi) is 3.61. The predicted molar refractivity (Wildman–Crippen MR) is 69.7 cm³/mol. The van der Waals surface area contributed by atoms with Crippen LogP contribution in [0.2, 0.25) is 0 Å². The highest BCUT2D eigenvalue weighted by Gasteiger charge is 2.07. The molecule has 0 aliphatic rings. The highest BCUT2D eigenvalue weighted by Crippen LogP contribution is 2.18. The molecule has 2 aromatic rings. The number of hydrogen-bond acceptors (Lipinski definition) is 2. The second-order valence-electron chi connectivity index (χ2n) is 4.13. The van der Waals surface area contributed by atoms with E-state index in [9.17, 15) is 0 Å². The molecule has 0 atom stereocenters. The molecule has 4 heteroatoms. The molecule has 16 heavy (non-hydrogen) atoms. The molecule has 0 fully saturated rings. The molecular formula is C12H16BrN3. The lowest BCUT2D eigenvalue weighted by Gasteiger charge is -2.06. The van der Waals surface area contributed by atoms with Gasteiger partial charge in [0.1, 0.15) is 10.4 Å². The van der Waals surface area contributed by atoms with Crippen LogP contribution in [0.5, 0.6) is 0 Å². The summed E-state index contributed by atoms with van der Waals surface area (Å²) < 4.78 is 3.05. The lowest BCUT2D eigenvalue weighted by Crippen LogP contribution is -2.25. The van der Waals surface area contributed by atoms with Gasteiger partial charge in [-0.15, -0.1) is 0 Å². The highest BCUT2D eigenvalue weighted by molar-refractivity contribution is 9.10. The quantitative estimate of drug-likeness (QED) is 0.934. The molecule has 0 aliphatic heterocycles. The first-order chi connectivity index (χ1) is 7.68. The average Bonchev–Trinajstić information content (AvgIpc) is 2.57. The van der Waals surface area contributed by atoms with Gasteiger partial charge in [-0.25, -0.2) is 4.98 Å². The van der Waals surface area contributed by atoms with E-state index in [1.54, 1.807) is 0 Å². The molecule has 2 rings (SSSR count). The van der Waals surface area contributed by atoms with Crippen LogP contribution in [0.25, 0.3) is 5.52 Å². The van der Waals surface area contributed by atoms with Crippen molar-refractivity contribution in [3.63, 3.8) is 0 Å². The van der Waals surface area contributed by atoms with Crippen molar-refractivity contribution < 1.29 is 0 Å². The van der Waals surface area contributed by atoms with Gasteiger partial charge in [0.2, 0.25) is 0 Å². The van der Waals surface area contributed by atoms with Crippen molar-refractivity contribution in [1.82, 2.24) is 14.7 Å². The number of nitrogens with zero attached hydrogens (tertiary/aromatic N) is 2. The van der Waals surface area contributed by atoms with Crippen LogP contribution in [0, 0.1) is 0 Å². The Bertz CT molecular complexity index is 476. The molecule has 86 valence electrons. The van der Waals surface area contributed by atoms with E-state index >= 15 is 0 Å². The smallest absolute Gasteiger partial charge is 0.132 e. The number of hydrogen-bond donors (Lipinski definition) is 1. The first-order valence-corrected chi connectivity index (χ1v) is 6.32. The Hall–Kier alpha value is -0.870. The fourth-order valence-corrected chi connectivity index (χ4v) is 2.24. The summed E-state index contributed by atoms with van der Waals surface area (Å²) in [6, 6.07) is 6.64. The molecule has 0 radical (unpaired) electrons. The van der Waals surface area contributed by atoms with Gasteiger partial charge in [-0.05, 0) is 28.1 Å². The van der Waals surface area contributed by atoms with E-state index in [-0.39, 0.29) is 0 Å². The second-order valence-corrected chi connectivity index (χ2v) is 4.88. The summed E-state index contributed by atoms with van der Waals surface area (Å²) in [5.74, 6) is 1.09. The number of fused-ring (bicyclic) bond motifs is 1. The SMILES string of the molecule is CC(C)NCCc1nc(Br)c2ccccn12. The standard InChI is InChI=1S/C12H16BrN3/c1-9(2)14-7-6-11-15-12(13)10-5-3-4-8-16(10)11/h3-5,8-9,14H,6-7H2,1-2H3. The van der Waals surface area contributed by atoms with Gasteiger partial charge in [0.05, 0.1) is 5.52 Å². The van der Waals surface area contributed by atoms with Crippen LogP contribution in [0.3, 0.4) is 0 Å². The molecule has 2 aromatic heterocycles. The molecule has 0 unspecified atom stereocenters. The van der Waals surface area contributed by atoms with Gasteiger partial charge in [0.25, 0.3) is 0 Å². The summed E-state index contributed by atoms with van der Waals surface area (Å²) in [5, 5.41) is 3.40. The summed E-state index contributed by atoms with van der Waals surface area (Å²) in [6.07, 6.45) is 2.99. The number of pyridine rings is 1. The molecular weight excluding hydrogens is 266 g/mol. The zero-order valence-electron chi connectivity index (χ0n) is 9.57. The Morgan fingerprint density at radius 1 is 1.44 bits per heavy atom. The summed E-state index contributed by atoms with van der Waals surface area (Å²) in [4.78, 5) is 4.53. The lowest BCUT2D eigenvalue weighted by molar-refractivity contribution is 0.582. The maximum Gasteiger partial charge on any atom is 0.132 e. The number of aromatic nitrogens is 2. The van der Waals surface area contributed by atoms with E-state index in [2.05, 4.69) is 56.7 Å². The van der Waals surface area contributed by atoms with E-state index in [0.29, 0.717) is 6.04 Å². The first-order valence-electron chi connectivity index (χ1n) is 5.53. The van der Waals surface area contributed by atoms with Crippen molar-refractivity contribution in [2.75, 3.05) is 6.54 Å². The van der Waals surface area contributed by atoms with Crippen LogP contribution in [0.1, 0.15) is 19.7 Å². The van der Waals surface area contributed by atoms with Crippen LogP contribution in [-0.4, -0.2) is 22.0 Å². The maximum atomic E-state index is 4.53. The topological polar surface area (TPSA) is 29.3 Å². The molecule has 0 aliphatic carbocycles. The first kappa shape index (κ1) is 11.6. The number of halogens is 1. The van der Waals surface area contributed by atoms with E-state index < -0.39 is 0 Å². The van der Waals surface area contributed by atoms with Gasteiger partial charge in [-0.1, -0.05) is 19.9 Å². The Balaban J connectivity index is 2.18. The molecule has 2 heterocycles. The Morgan fingerprint density at radius 3 is 3.00 bits per heavy atom. The van der Waals surface area contributed by atoms with Gasteiger partial charge >= 0.3 is 0 Å². The lowest BCUT2D eigenvalue weighted by atomic mass is 10.3. The van der Waals surface area contributed by atoms with Crippen LogP contribution in [0.4, 0.5) is 0 Å². The van der Waals surface area contributed by atoms with Gasteiger partial charge in [-0.2, -0.15) is 0 Å². The third kappa shape index (κ3) is 2.44. The molecule has 0 saturated carbocycles. The summed E-state index contributed by atoms with van der Waals surface area (Å²) in [6.45, 7) is 5.26. The Labute approximate surface area is 104 Å².